The summed E-state index contributed by atoms with van der Waals surface area (Å²) in [4.78, 5) is -0.0595. The first kappa shape index (κ1) is 21.8. The van der Waals surface area contributed by atoms with E-state index in [0.717, 1.165) is 12.1 Å². The lowest BCUT2D eigenvalue weighted by Crippen LogP contribution is -2.10. The fraction of sp³-hybridized carbons (Fsp3) is 0.130. The lowest BCUT2D eigenvalue weighted by molar-refractivity contribution is 0.414. The Morgan fingerprint density at radius 1 is 0.967 bits per heavy atom. The molecule has 0 aliphatic heterocycles. The van der Waals surface area contributed by atoms with Gasteiger partial charge in [0.25, 0.3) is 0 Å². The van der Waals surface area contributed by atoms with E-state index in [4.69, 9.17) is 16.3 Å². The predicted octanol–water partition coefficient (Wildman–Crippen LogP) is 5.31. The van der Waals surface area contributed by atoms with Crippen LogP contribution in [-0.4, -0.2) is 15.5 Å². The van der Waals surface area contributed by atoms with Gasteiger partial charge in [0.2, 0.25) is 0 Å². The summed E-state index contributed by atoms with van der Waals surface area (Å²) < 4.78 is 59.6. The molecule has 0 saturated carbocycles. The van der Waals surface area contributed by atoms with Gasteiger partial charge in [-0.05, 0) is 55.0 Å². The second-order valence-corrected chi connectivity index (χ2v) is 8.89. The minimum Gasteiger partial charge on any atom is -0.497 e. The number of methoxy groups -OCH3 is 1. The molecule has 7 heteroatoms. The van der Waals surface area contributed by atoms with Crippen molar-refractivity contribution >= 4 is 21.4 Å². The normalized spacial score (nSPS) is 11.0. The molecule has 0 fully saturated rings. The molecule has 0 aromatic heterocycles. The summed E-state index contributed by atoms with van der Waals surface area (Å²) in [6.07, 6.45) is 0. The molecule has 0 saturated heterocycles. The van der Waals surface area contributed by atoms with Crippen LogP contribution >= 0.6 is 11.6 Å². The summed E-state index contributed by atoms with van der Waals surface area (Å²) in [6.45, 7) is 1.54. The Bertz CT molecular complexity index is 1250. The number of benzene rings is 3. The van der Waals surface area contributed by atoms with Gasteiger partial charge in [0, 0.05) is 21.7 Å². The highest BCUT2D eigenvalue weighted by Crippen LogP contribution is 2.27. The summed E-state index contributed by atoms with van der Waals surface area (Å²) in [7, 11) is -2.48. The van der Waals surface area contributed by atoms with Gasteiger partial charge in [0.05, 0.1) is 17.8 Å². The first-order valence-corrected chi connectivity index (χ1v) is 10.9. The molecular formula is C23H17ClF2O3S. The predicted molar refractivity (Wildman–Crippen MR) is 112 cm³/mol. The zero-order valence-corrected chi connectivity index (χ0v) is 17.7. The third-order valence-electron chi connectivity index (χ3n) is 4.45. The zero-order valence-electron chi connectivity index (χ0n) is 16.2. The monoisotopic (exact) mass is 446 g/mol. The molecule has 0 bridgehead atoms. The Labute approximate surface area is 179 Å². The molecule has 0 atom stereocenters. The van der Waals surface area contributed by atoms with Crippen molar-refractivity contribution in [1.29, 1.82) is 0 Å². The summed E-state index contributed by atoms with van der Waals surface area (Å²) in [5, 5.41) is 0.264. The van der Waals surface area contributed by atoms with Gasteiger partial charge in [-0.25, -0.2) is 17.2 Å². The van der Waals surface area contributed by atoms with E-state index in [0.29, 0.717) is 16.9 Å². The Morgan fingerprint density at radius 2 is 1.60 bits per heavy atom. The van der Waals surface area contributed by atoms with Crippen molar-refractivity contribution in [2.75, 3.05) is 7.11 Å². The molecule has 3 nitrogen and oxygen atoms in total. The van der Waals surface area contributed by atoms with Crippen molar-refractivity contribution in [3.63, 3.8) is 0 Å². The maximum Gasteiger partial charge on any atom is 0.183 e. The van der Waals surface area contributed by atoms with Gasteiger partial charge in [-0.1, -0.05) is 35.6 Å². The SMILES string of the molecule is COc1cccc(C#Cc2cc(F)c(CS(=O)(=O)c3cccc(Cl)c3C)c(F)c2)c1. The standard InChI is InChI=1S/C23H17ClF2O3S/c1-15-20(24)7-4-8-23(15)30(27,28)14-19-21(25)12-17(13-22(19)26)10-9-16-5-3-6-18(11-16)29-2/h3-8,11-13H,14H2,1-2H3. The molecule has 3 rings (SSSR count). The average molecular weight is 447 g/mol. The largest absolute Gasteiger partial charge is 0.497 e. The summed E-state index contributed by atoms with van der Waals surface area (Å²) in [5.74, 6) is 3.31. The van der Waals surface area contributed by atoms with E-state index >= 15 is 0 Å². The number of hydrogen-bond donors (Lipinski definition) is 0. The van der Waals surface area contributed by atoms with Crippen molar-refractivity contribution in [1.82, 2.24) is 0 Å². The van der Waals surface area contributed by atoms with Crippen LogP contribution in [0.2, 0.25) is 5.02 Å². The first-order valence-electron chi connectivity index (χ1n) is 8.83. The molecule has 0 aliphatic carbocycles. The van der Waals surface area contributed by atoms with Crippen molar-refractivity contribution in [3.05, 3.63) is 93.5 Å². The molecular weight excluding hydrogens is 430 g/mol. The van der Waals surface area contributed by atoms with Crippen molar-refractivity contribution in [3.8, 4) is 17.6 Å². The third kappa shape index (κ3) is 4.81. The molecule has 0 amide bonds. The highest BCUT2D eigenvalue weighted by Gasteiger charge is 2.23. The second kappa shape index (κ2) is 8.86. The van der Waals surface area contributed by atoms with Crippen LogP contribution in [0.15, 0.2) is 59.5 Å². The third-order valence-corrected chi connectivity index (χ3v) is 6.64. The van der Waals surface area contributed by atoms with E-state index in [1.807, 2.05) is 0 Å². The molecule has 0 N–H and O–H groups in total. The Hall–Kier alpha value is -2.88. The number of rotatable bonds is 4. The Balaban J connectivity index is 1.92. The zero-order chi connectivity index (χ0) is 21.9. The van der Waals surface area contributed by atoms with E-state index < -0.39 is 32.8 Å². The average Bonchev–Trinajstić information content (AvgIpc) is 2.71. The van der Waals surface area contributed by atoms with Gasteiger partial charge in [-0.3, -0.25) is 0 Å². The molecule has 0 aliphatic rings. The van der Waals surface area contributed by atoms with Crippen LogP contribution in [0.1, 0.15) is 22.3 Å². The van der Waals surface area contributed by atoms with Gasteiger partial charge < -0.3 is 4.74 Å². The van der Waals surface area contributed by atoms with Crippen molar-refractivity contribution in [2.24, 2.45) is 0 Å². The van der Waals surface area contributed by atoms with Crippen LogP contribution < -0.4 is 4.74 Å². The fourth-order valence-electron chi connectivity index (χ4n) is 2.85. The van der Waals surface area contributed by atoms with Crippen LogP contribution in [-0.2, 0) is 15.6 Å². The smallest absolute Gasteiger partial charge is 0.183 e. The number of halogens is 3. The lowest BCUT2D eigenvalue weighted by atomic mass is 10.1. The number of hydrogen-bond acceptors (Lipinski definition) is 3. The molecule has 0 radical (unpaired) electrons. The van der Waals surface area contributed by atoms with Gasteiger partial charge in [0.1, 0.15) is 17.4 Å². The maximum absolute atomic E-state index is 14.6. The van der Waals surface area contributed by atoms with E-state index in [1.165, 1.54) is 19.2 Å². The second-order valence-electron chi connectivity index (χ2n) is 6.52. The molecule has 0 heterocycles. The van der Waals surface area contributed by atoms with Crippen LogP contribution in [0.3, 0.4) is 0 Å². The molecule has 154 valence electrons. The van der Waals surface area contributed by atoms with E-state index in [-0.39, 0.29) is 15.5 Å². The first-order chi connectivity index (χ1) is 14.2. The van der Waals surface area contributed by atoms with E-state index in [9.17, 15) is 17.2 Å². The minimum absolute atomic E-state index is 0.0595. The molecule has 30 heavy (non-hydrogen) atoms. The highest BCUT2D eigenvalue weighted by molar-refractivity contribution is 7.90. The molecule has 0 spiro atoms. The topological polar surface area (TPSA) is 43.4 Å². The minimum atomic E-state index is -4.00. The van der Waals surface area contributed by atoms with E-state index in [1.54, 1.807) is 37.3 Å². The molecule has 3 aromatic rings. The fourth-order valence-corrected chi connectivity index (χ4v) is 4.75. The van der Waals surface area contributed by atoms with Crippen molar-refractivity contribution < 1.29 is 21.9 Å². The van der Waals surface area contributed by atoms with Gasteiger partial charge in [-0.15, -0.1) is 0 Å². The maximum atomic E-state index is 14.6. The Kier molecular flexibility index (Phi) is 6.45. The van der Waals surface area contributed by atoms with Crippen LogP contribution in [0.25, 0.3) is 0 Å². The summed E-state index contributed by atoms with van der Waals surface area (Å²) in [5.41, 5.74) is 0.494. The van der Waals surface area contributed by atoms with Gasteiger partial charge >= 0.3 is 0 Å². The molecule has 3 aromatic carbocycles. The van der Waals surface area contributed by atoms with Crippen LogP contribution in [0, 0.1) is 30.4 Å². The Morgan fingerprint density at radius 3 is 2.27 bits per heavy atom. The van der Waals surface area contributed by atoms with Crippen LogP contribution in [0.4, 0.5) is 8.78 Å². The number of sulfone groups is 1. The van der Waals surface area contributed by atoms with Crippen LogP contribution in [0.5, 0.6) is 5.75 Å². The highest BCUT2D eigenvalue weighted by atomic mass is 35.5. The molecule has 0 unspecified atom stereocenters. The summed E-state index contributed by atoms with van der Waals surface area (Å²) >= 11 is 5.97. The van der Waals surface area contributed by atoms with Gasteiger partial charge in [-0.2, -0.15) is 0 Å². The lowest BCUT2D eigenvalue weighted by Gasteiger charge is -2.10. The van der Waals surface area contributed by atoms with Crippen molar-refractivity contribution in [2.45, 2.75) is 17.6 Å². The summed E-state index contributed by atoms with van der Waals surface area (Å²) in [6, 6.07) is 13.3. The quantitative estimate of drug-likeness (QED) is 0.510. The number of ether oxygens (including phenoxy) is 1. The van der Waals surface area contributed by atoms with E-state index in [2.05, 4.69) is 11.8 Å². The van der Waals surface area contributed by atoms with Gasteiger partial charge in [0.15, 0.2) is 9.84 Å².